The van der Waals surface area contributed by atoms with E-state index in [0.29, 0.717) is 36.1 Å². The minimum absolute atomic E-state index is 0.0328. The van der Waals surface area contributed by atoms with Gasteiger partial charge in [0.1, 0.15) is 5.82 Å². The molecule has 1 fully saturated rings. The van der Waals surface area contributed by atoms with Crippen LogP contribution >= 0.6 is 0 Å². The number of hydrogen-bond donors (Lipinski definition) is 0. The second kappa shape index (κ2) is 5.91. The number of aromatic nitrogens is 2. The van der Waals surface area contributed by atoms with Gasteiger partial charge in [-0.05, 0) is 25.5 Å². The van der Waals surface area contributed by atoms with Crippen LogP contribution in [0.3, 0.4) is 0 Å². The van der Waals surface area contributed by atoms with E-state index in [1.54, 1.807) is 19.1 Å². The van der Waals surface area contributed by atoms with Gasteiger partial charge in [0.05, 0.1) is 19.3 Å². The van der Waals surface area contributed by atoms with Crippen molar-refractivity contribution in [3.63, 3.8) is 0 Å². The summed E-state index contributed by atoms with van der Waals surface area (Å²) in [5, 5.41) is 3.96. The molecule has 1 saturated heterocycles. The molecule has 0 spiro atoms. The Morgan fingerprint density at radius 2 is 2.05 bits per heavy atom. The van der Waals surface area contributed by atoms with E-state index in [1.807, 2.05) is 6.92 Å². The Labute approximate surface area is 122 Å². The molecule has 1 aliphatic rings. The molecule has 2 heterocycles. The van der Waals surface area contributed by atoms with Crippen LogP contribution in [0.1, 0.15) is 24.4 Å². The molecule has 0 saturated carbocycles. The third-order valence-electron chi connectivity index (χ3n) is 3.82. The maximum atomic E-state index is 13.6. The first-order valence-electron chi connectivity index (χ1n) is 7.07. The van der Waals surface area contributed by atoms with Crippen LogP contribution in [0.4, 0.5) is 4.39 Å². The predicted molar refractivity (Wildman–Crippen MR) is 75.2 cm³/mol. The van der Waals surface area contributed by atoms with Crippen LogP contribution < -0.4 is 0 Å². The molecular formula is C15H18FN3O2. The van der Waals surface area contributed by atoms with Crippen molar-refractivity contribution in [2.45, 2.75) is 19.9 Å². The molecule has 0 bridgehead atoms. The minimum Gasteiger partial charge on any atom is -0.379 e. The molecule has 5 nitrogen and oxygen atoms in total. The van der Waals surface area contributed by atoms with Crippen LogP contribution in [0.25, 0.3) is 11.4 Å². The van der Waals surface area contributed by atoms with Crippen molar-refractivity contribution in [3.8, 4) is 11.4 Å². The average molecular weight is 291 g/mol. The highest BCUT2D eigenvalue weighted by atomic mass is 19.1. The fraction of sp³-hybridized carbons (Fsp3) is 0.467. The number of aryl methyl sites for hydroxylation is 1. The molecule has 1 atom stereocenters. The lowest BCUT2D eigenvalue weighted by atomic mass is 10.1. The normalized spacial score (nSPS) is 17.9. The van der Waals surface area contributed by atoms with Crippen LogP contribution in [0.15, 0.2) is 22.7 Å². The van der Waals surface area contributed by atoms with Crippen molar-refractivity contribution < 1.29 is 13.7 Å². The highest BCUT2D eigenvalue weighted by Crippen LogP contribution is 2.24. The molecule has 0 N–H and O–H groups in total. The lowest BCUT2D eigenvalue weighted by Crippen LogP contribution is -2.38. The van der Waals surface area contributed by atoms with Crippen LogP contribution in [-0.2, 0) is 4.74 Å². The van der Waals surface area contributed by atoms with Crippen molar-refractivity contribution in [1.29, 1.82) is 0 Å². The van der Waals surface area contributed by atoms with Gasteiger partial charge in [-0.25, -0.2) is 4.39 Å². The first-order chi connectivity index (χ1) is 10.1. The van der Waals surface area contributed by atoms with Crippen LogP contribution in [-0.4, -0.2) is 41.3 Å². The number of halogens is 1. The monoisotopic (exact) mass is 291 g/mol. The van der Waals surface area contributed by atoms with E-state index in [-0.39, 0.29) is 11.9 Å². The van der Waals surface area contributed by atoms with Gasteiger partial charge in [-0.15, -0.1) is 0 Å². The topological polar surface area (TPSA) is 51.4 Å². The van der Waals surface area contributed by atoms with Gasteiger partial charge in [0, 0.05) is 18.7 Å². The van der Waals surface area contributed by atoms with E-state index in [4.69, 9.17) is 9.26 Å². The maximum Gasteiger partial charge on any atom is 0.244 e. The molecule has 3 rings (SSSR count). The number of ether oxygens (including phenoxy) is 1. The number of benzene rings is 1. The summed E-state index contributed by atoms with van der Waals surface area (Å²) in [5.74, 6) is 0.706. The Morgan fingerprint density at radius 3 is 2.76 bits per heavy atom. The zero-order chi connectivity index (χ0) is 14.8. The van der Waals surface area contributed by atoms with E-state index in [1.165, 1.54) is 6.07 Å². The van der Waals surface area contributed by atoms with E-state index < -0.39 is 0 Å². The standard InChI is InChI=1S/C15H18FN3O2/c1-10-3-4-12(9-13(10)16)14-17-15(21-18-14)11(2)19-5-7-20-8-6-19/h3-4,9,11H,5-8H2,1-2H3/t11-/m0/s1. The van der Waals surface area contributed by atoms with Gasteiger partial charge in [0.25, 0.3) is 0 Å². The Balaban J connectivity index is 1.80. The molecule has 1 aliphatic heterocycles. The van der Waals surface area contributed by atoms with Crippen molar-refractivity contribution >= 4 is 0 Å². The lowest BCUT2D eigenvalue weighted by Gasteiger charge is -2.29. The van der Waals surface area contributed by atoms with Crippen LogP contribution in [0, 0.1) is 12.7 Å². The van der Waals surface area contributed by atoms with Crippen molar-refractivity contribution in [3.05, 3.63) is 35.5 Å². The third kappa shape index (κ3) is 2.96. The molecule has 2 aromatic rings. The van der Waals surface area contributed by atoms with Gasteiger partial charge < -0.3 is 9.26 Å². The molecule has 0 aliphatic carbocycles. The molecule has 21 heavy (non-hydrogen) atoms. The summed E-state index contributed by atoms with van der Waals surface area (Å²) < 4.78 is 24.3. The molecule has 0 radical (unpaired) electrons. The first kappa shape index (κ1) is 14.2. The predicted octanol–water partition coefficient (Wildman–Crippen LogP) is 2.58. The Bertz CT molecular complexity index is 623. The van der Waals surface area contributed by atoms with E-state index in [9.17, 15) is 4.39 Å². The van der Waals surface area contributed by atoms with Crippen molar-refractivity contribution in [1.82, 2.24) is 15.0 Å². The molecule has 0 unspecified atom stereocenters. The molecule has 1 aromatic carbocycles. The Hall–Kier alpha value is -1.79. The molecule has 112 valence electrons. The number of nitrogens with zero attached hydrogens (tertiary/aromatic N) is 3. The van der Waals surface area contributed by atoms with Gasteiger partial charge in [-0.3, -0.25) is 4.90 Å². The fourth-order valence-electron chi connectivity index (χ4n) is 2.38. The maximum absolute atomic E-state index is 13.6. The highest BCUT2D eigenvalue weighted by Gasteiger charge is 2.23. The summed E-state index contributed by atoms with van der Waals surface area (Å²) in [6, 6.07) is 4.98. The van der Waals surface area contributed by atoms with Crippen molar-refractivity contribution in [2.24, 2.45) is 0 Å². The second-order valence-corrected chi connectivity index (χ2v) is 5.24. The summed E-state index contributed by atoms with van der Waals surface area (Å²) in [6.45, 7) is 6.87. The van der Waals surface area contributed by atoms with Crippen LogP contribution in [0.2, 0.25) is 0 Å². The van der Waals surface area contributed by atoms with Crippen LogP contribution in [0.5, 0.6) is 0 Å². The lowest BCUT2D eigenvalue weighted by molar-refractivity contribution is 0.0134. The zero-order valence-electron chi connectivity index (χ0n) is 12.2. The number of rotatable bonds is 3. The third-order valence-corrected chi connectivity index (χ3v) is 3.82. The summed E-state index contributed by atoms with van der Waals surface area (Å²) in [7, 11) is 0. The molecular weight excluding hydrogens is 273 g/mol. The summed E-state index contributed by atoms with van der Waals surface area (Å²) in [6.07, 6.45) is 0. The molecule has 0 amide bonds. The molecule has 1 aromatic heterocycles. The minimum atomic E-state index is -0.264. The molecule has 6 heteroatoms. The Morgan fingerprint density at radius 1 is 1.29 bits per heavy atom. The smallest absolute Gasteiger partial charge is 0.244 e. The average Bonchev–Trinajstić information content (AvgIpc) is 3.00. The van der Waals surface area contributed by atoms with Gasteiger partial charge in [0.15, 0.2) is 0 Å². The van der Waals surface area contributed by atoms with Gasteiger partial charge >= 0.3 is 0 Å². The van der Waals surface area contributed by atoms with E-state index in [2.05, 4.69) is 15.0 Å². The Kier molecular flexibility index (Phi) is 3.98. The largest absolute Gasteiger partial charge is 0.379 e. The highest BCUT2D eigenvalue weighted by molar-refractivity contribution is 5.54. The fourth-order valence-corrected chi connectivity index (χ4v) is 2.38. The first-order valence-corrected chi connectivity index (χ1v) is 7.07. The zero-order valence-corrected chi connectivity index (χ0v) is 12.2. The van der Waals surface area contributed by atoms with Gasteiger partial charge in [-0.1, -0.05) is 17.3 Å². The summed E-state index contributed by atoms with van der Waals surface area (Å²) >= 11 is 0. The SMILES string of the molecule is Cc1ccc(-c2noc([C@H](C)N3CCOCC3)n2)cc1F. The van der Waals surface area contributed by atoms with Crippen molar-refractivity contribution in [2.75, 3.05) is 26.3 Å². The van der Waals surface area contributed by atoms with E-state index in [0.717, 1.165) is 13.1 Å². The van der Waals surface area contributed by atoms with Gasteiger partial charge in [-0.2, -0.15) is 4.98 Å². The number of hydrogen-bond acceptors (Lipinski definition) is 5. The second-order valence-electron chi connectivity index (χ2n) is 5.24. The number of morpholine rings is 1. The van der Waals surface area contributed by atoms with Gasteiger partial charge in [0.2, 0.25) is 11.7 Å². The summed E-state index contributed by atoms with van der Waals surface area (Å²) in [4.78, 5) is 6.63. The quantitative estimate of drug-likeness (QED) is 0.870. The summed E-state index contributed by atoms with van der Waals surface area (Å²) in [5.41, 5.74) is 1.23. The van der Waals surface area contributed by atoms with E-state index >= 15 is 0 Å².